The van der Waals surface area contributed by atoms with Crippen molar-refractivity contribution in [3.05, 3.63) is 10.1 Å². The first-order valence-corrected chi connectivity index (χ1v) is 4.89. The van der Waals surface area contributed by atoms with E-state index < -0.39 is 23.2 Å². The highest BCUT2D eigenvalue weighted by Crippen LogP contribution is 2.31. The molecule has 3 heterocycles. The standard InChI is InChI=1S/C7H7N5O5/c13-4-1-3(5-2-16-6(4)17-5)11-9-7(8-10-11)12(14)15/h3,5-6H,1-2H2/t3-,5-,6-/m0/s1. The lowest BCUT2D eigenvalue weighted by Crippen LogP contribution is -2.37. The van der Waals surface area contributed by atoms with Gasteiger partial charge in [-0.25, -0.2) is 0 Å². The molecule has 0 spiro atoms. The number of nitro groups is 1. The van der Waals surface area contributed by atoms with Crippen molar-refractivity contribution in [1.82, 2.24) is 20.2 Å². The molecule has 17 heavy (non-hydrogen) atoms. The Morgan fingerprint density at radius 3 is 3.06 bits per heavy atom. The van der Waals surface area contributed by atoms with E-state index in [2.05, 4.69) is 15.4 Å². The van der Waals surface area contributed by atoms with Gasteiger partial charge in [0.05, 0.1) is 16.8 Å². The molecule has 10 heteroatoms. The van der Waals surface area contributed by atoms with Gasteiger partial charge < -0.3 is 19.6 Å². The molecule has 0 N–H and O–H groups in total. The Labute approximate surface area is 93.6 Å². The fourth-order valence-electron chi connectivity index (χ4n) is 1.89. The van der Waals surface area contributed by atoms with E-state index in [1.165, 1.54) is 0 Å². The van der Waals surface area contributed by atoms with Gasteiger partial charge in [0.2, 0.25) is 6.29 Å². The molecule has 90 valence electrons. The summed E-state index contributed by atoms with van der Waals surface area (Å²) in [7, 11) is 0. The third-order valence-electron chi connectivity index (χ3n) is 2.69. The third kappa shape index (κ3) is 1.57. The Morgan fingerprint density at radius 2 is 2.35 bits per heavy atom. The third-order valence-corrected chi connectivity index (χ3v) is 2.69. The zero-order valence-corrected chi connectivity index (χ0v) is 8.42. The molecule has 10 nitrogen and oxygen atoms in total. The molecule has 3 atom stereocenters. The average molecular weight is 241 g/mol. The minimum absolute atomic E-state index is 0.128. The number of ketones is 1. The number of nitrogens with zero attached hydrogens (tertiary/aromatic N) is 5. The second-order valence-corrected chi connectivity index (χ2v) is 3.74. The van der Waals surface area contributed by atoms with Crippen LogP contribution in [-0.4, -0.2) is 49.9 Å². The van der Waals surface area contributed by atoms with E-state index in [4.69, 9.17) is 9.47 Å². The number of carbonyl (C=O) groups excluding carboxylic acids is 1. The molecule has 1 aromatic heterocycles. The molecule has 3 rings (SSSR count). The predicted octanol–water partition coefficient (Wildman–Crippen LogP) is -1.16. The lowest BCUT2D eigenvalue weighted by Gasteiger charge is -2.23. The Morgan fingerprint density at radius 1 is 1.53 bits per heavy atom. The molecule has 0 aromatic carbocycles. The van der Waals surface area contributed by atoms with Crippen LogP contribution in [0, 0.1) is 10.1 Å². The quantitative estimate of drug-likeness (QED) is 0.469. The number of Topliss-reactive ketones (excluding diaryl/α,β-unsaturated/α-hetero) is 1. The number of fused-ring (bicyclic) bond motifs is 2. The Hall–Kier alpha value is -1.94. The topological polar surface area (TPSA) is 122 Å². The maximum absolute atomic E-state index is 11.5. The first kappa shape index (κ1) is 10.2. The van der Waals surface area contributed by atoms with Crippen molar-refractivity contribution in [3.63, 3.8) is 0 Å². The van der Waals surface area contributed by atoms with Crippen molar-refractivity contribution >= 4 is 11.7 Å². The molecular weight excluding hydrogens is 234 g/mol. The Balaban J connectivity index is 1.87. The van der Waals surface area contributed by atoms with Crippen LogP contribution in [0.1, 0.15) is 12.5 Å². The molecule has 0 amide bonds. The fourth-order valence-corrected chi connectivity index (χ4v) is 1.89. The minimum Gasteiger partial charge on any atom is -0.390 e. The number of ether oxygens (including phenoxy) is 2. The summed E-state index contributed by atoms with van der Waals surface area (Å²) in [5.74, 6) is -0.817. The van der Waals surface area contributed by atoms with Gasteiger partial charge in [0, 0.05) is 11.6 Å². The number of tetrazole rings is 1. The minimum atomic E-state index is -0.810. The summed E-state index contributed by atoms with van der Waals surface area (Å²) >= 11 is 0. The van der Waals surface area contributed by atoms with Crippen LogP contribution in [0.4, 0.5) is 5.95 Å². The van der Waals surface area contributed by atoms with Gasteiger partial charge in [-0.2, -0.15) is 0 Å². The van der Waals surface area contributed by atoms with E-state index in [1.807, 2.05) is 0 Å². The van der Waals surface area contributed by atoms with E-state index in [0.29, 0.717) is 0 Å². The summed E-state index contributed by atoms with van der Waals surface area (Å²) in [5, 5.41) is 20.8. The van der Waals surface area contributed by atoms with Gasteiger partial charge in [-0.3, -0.25) is 4.79 Å². The maximum atomic E-state index is 11.5. The van der Waals surface area contributed by atoms with Crippen LogP contribution in [0.5, 0.6) is 0 Å². The molecule has 2 fully saturated rings. The second-order valence-electron chi connectivity index (χ2n) is 3.74. The number of hydrogen-bond acceptors (Lipinski definition) is 8. The van der Waals surface area contributed by atoms with E-state index in [1.54, 1.807) is 0 Å². The van der Waals surface area contributed by atoms with Gasteiger partial charge in [-0.15, -0.1) is 0 Å². The molecule has 2 bridgehead atoms. The molecule has 2 aliphatic rings. The molecule has 0 aliphatic carbocycles. The van der Waals surface area contributed by atoms with Crippen molar-refractivity contribution in [1.29, 1.82) is 0 Å². The van der Waals surface area contributed by atoms with Crippen LogP contribution < -0.4 is 0 Å². The summed E-state index contributed by atoms with van der Waals surface area (Å²) in [6.45, 7) is 0.246. The summed E-state index contributed by atoms with van der Waals surface area (Å²) in [6.07, 6.45) is -1.05. The summed E-state index contributed by atoms with van der Waals surface area (Å²) in [4.78, 5) is 22.2. The predicted molar refractivity (Wildman–Crippen MR) is 47.7 cm³/mol. The average Bonchev–Trinajstić information content (AvgIpc) is 2.93. The largest absolute Gasteiger partial charge is 0.514 e. The van der Waals surface area contributed by atoms with Crippen LogP contribution in [0.2, 0.25) is 0 Å². The van der Waals surface area contributed by atoms with Crippen molar-refractivity contribution in [2.45, 2.75) is 24.9 Å². The van der Waals surface area contributed by atoms with Gasteiger partial charge in [0.15, 0.2) is 5.78 Å². The van der Waals surface area contributed by atoms with E-state index in [9.17, 15) is 14.9 Å². The van der Waals surface area contributed by atoms with Crippen LogP contribution in [0.15, 0.2) is 0 Å². The number of aromatic nitrogens is 4. The molecule has 0 unspecified atom stereocenters. The fraction of sp³-hybridized carbons (Fsp3) is 0.714. The highest BCUT2D eigenvalue weighted by molar-refractivity contribution is 5.83. The van der Waals surface area contributed by atoms with E-state index >= 15 is 0 Å². The highest BCUT2D eigenvalue weighted by atomic mass is 16.7. The second kappa shape index (κ2) is 3.53. The van der Waals surface area contributed by atoms with E-state index in [-0.39, 0.29) is 24.9 Å². The van der Waals surface area contributed by atoms with Crippen LogP contribution in [-0.2, 0) is 14.3 Å². The molecule has 0 saturated carbocycles. The number of carbonyl (C=O) groups is 1. The number of hydrogen-bond donors (Lipinski definition) is 0. The summed E-state index contributed by atoms with van der Waals surface area (Å²) in [6, 6.07) is -0.498. The first-order chi connectivity index (χ1) is 8.15. The summed E-state index contributed by atoms with van der Waals surface area (Å²) < 4.78 is 10.4. The monoisotopic (exact) mass is 241 g/mol. The van der Waals surface area contributed by atoms with Crippen molar-refractivity contribution < 1.29 is 19.2 Å². The lowest BCUT2D eigenvalue weighted by molar-refractivity contribution is -0.394. The van der Waals surface area contributed by atoms with Crippen LogP contribution in [0.25, 0.3) is 0 Å². The zero-order valence-electron chi connectivity index (χ0n) is 8.42. The maximum Gasteiger partial charge on any atom is 0.514 e. The highest BCUT2D eigenvalue weighted by Gasteiger charge is 2.46. The van der Waals surface area contributed by atoms with Gasteiger partial charge in [-0.1, -0.05) is 4.80 Å². The van der Waals surface area contributed by atoms with Crippen LogP contribution in [0.3, 0.4) is 0 Å². The Kier molecular flexibility index (Phi) is 2.12. The number of rotatable bonds is 2. The molecule has 0 radical (unpaired) electrons. The summed E-state index contributed by atoms with van der Waals surface area (Å²) in [5.41, 5.74) is 0. The smallest absolute Gasteiger partial charge is 0.390 e. The molecule has 1 aromatic rings. The van der Waals surface area contributed by atoms with Crippen molar-refractivity contribution in [2.24, 2.45) is 0 Å². The Bertz CT molecular complexity index is 487. The van der Waals surface area contributed by atoms with Crippen molar-refractivity contribution in [3.8, 4) is 0 Å². The molecular formula is C7H7N5O5. The van der Waals surface area contributed by atoms with Gasteiger partial charge in [0.1, 0.15) is 12.1 Å². The zero-order chi connectivity index (χ0) is 12.0. The van der Waals surface area contributed by atoms with Gasteiger partial charge >= 0.3 is 5.95 Å². The van der Waals surface area contributed by atoms with Crippen LogP contribution >= 0.6 is 0 Å². The lowest BCUT2D eigenvalue weighted by atomic mass is 10.0. The van der Waals surface area contributed by atoms with E-state index in [0.717, 1.165) is 4.80 Å². The van der Waals surface area contributed by atoms with Gasteiger partial charge in [0.25, 0.3) is 0 Å². The SMILES string of the molecule is O=C1C[C@H](n2nnc([N+](=O)[O-])n2)[C@@H]2CO[C@H]1O2. The van der Waals surface area contributed by atoms with Gasteiger partial charge in [-0.05, 0) is 4.92 Å². The first-order valence-electron chi connectivity index (χ1n) is 4.89. The normalized spacial score (nSPS) is 31.8. The van der Waals surface area contributed by atoms with Crippen molar-refractivity contribution in [2.75, 3.05) is 6.61 Å². The molecule has 2 saturated heterocycles. The molecule has 2 aliphatic heterocycles.